The fourth-order valence-corrected chi connectivity index (χ4v) is 2.95. The molecule has 1 aliphatic heterocycles. The van der Waals surface area contributed by atoms with E-state index in [1.165, 1.54) is 0 Å². The van der Waals surface area contributed by atoms with Gasteiger partial charge in [0.2, 0.25) is 5.95 Å². The van der Waals surface area contributed by atoms with Crippen molar-refractivity contribution in [3.63, 3.8) is 0 Å². The van der Waals surface area contributed by atoms with Gasteiger partial charge in [0.05, 0.1) is 23.6 Å². The number of hydrogen-bond donors (Lipinski definition) is 0. The molecular weight excluding hydrogens is 278 g/mol. The van der Waals surface area contributed by atoms with Gasteiger partial charge in [-0.1, -0.05) is 13.8 Å². The Kier molecular flexibility index (Phi) is 6.08. The number of nitrogens with zero attached hydrogens (tertiary/aromatic N) is 5. The first kappa shape index (κ1) is 17.1. The van der Waals surface area contributed by atoms with Crippen LogP contribution in [0.4, 0.5) is 5.95 Å². The molecule has 0 spiro atoms. The third-order valence-electron chi connectivity index (χ3n) is 4.09. The second kappa shape index (κ2) is 7.83. The summed E-state index contributed by atoms with van der Waals surface area (Å²) in [5.74, 6) is 0.725. The minimum absolute atomic E-state index is 0.308. The standard InChI is InChI=1S/C16H29N5O/c1-6-14-15(7-2)18-19-16(17-14)20(5)8-9-21-10-12(3)22-13(4)11-21/h12-13H,6-11H2,1-5H3/t12-,13+. The molecule has 0 bridgehead atoms. The van der Waals surface area contributed by atoms with Gasteiger partial charge in [-0.3, -0.25) is 4.90 Å². The quantitative estimate of drug-likeness (QED) is 0.795. The molecule has 2 rings (SSSR count). The summed E-state index contributed by atoms with van der Waals surface area (Å²) in [7, 11) is 2.04. The van der Waals surface area contributed by atoms with Crippen molar-refractivity contribution in [3.05, 3.63) is 11.4 Å². The van der Waals surface area contributed by atoms with Crippen LogP contribution < -0.4 is 4.90 Å². The molecule has 1 aliphatic rings. The fourth-order valence-electron chi connectivity index (χ4n) is 2.95. The van der Waals surface area contributed by atoms with E-state index in [0.717, 1.165) is 56.4 Å². The van der Waals surface area contributed by atoms with Crippen molar-refractivity contribution in [2.24, 2.45) is 0 Å². The van der Waals surface area contributed by atoms with E-state index < -0.39 is 0 Å². The summed E-state index contributed by atoms with van der Waals surface area (Å²) >= 11 is 0. The highest BCUT2D eigenvalue weighted by Gasteiger charge is 2.22. The Morgan fingerprint density at radius 1 is 1.09 bits per heavy atom. The number of rotatable bonds is 6. The number of ether oxygens (including phenoxy) is 1. The Balaban J connectivity index is 1.93. The highest BCUT2D eigenvalue weighted by atomic mass is 16.5. The number of aromatic nitrogens is 3. The molecule has 0 N–H and O–H groups in total. The van der Waals surface area contributed by atoms with Crippen LogP contribution in [0.2, 0.25) is 0 Å². The molecule has 0 aliphatic carbocycles. The lowest BCUT2D eigenvalue weighted by molar-refractivity contribution is -0.0670. The number of hydrogen-bond acceptors (Lipinski definition) is 6. The Hall–Kier alpha value is -1.27. The smallest absolute Gasteiger partial charge is 0.245 e. The maximum Gasteiger partial charge on any atom is 0.245 e. The summed E-state index contributed by atoms with van der Waals surface area (Å²) in [6, 6.07) is 0. The molecule has 2 atom stereocenters. The van der Waals surface area contributed by atoms with Crippen molar-refractivity contribution in [3.8, 4) is 0 Å². The Morgan fingerprint density at radius 3 is 2.32 bits per heavy atom. The molecule has 6 nitrogen and oxygen atoms in total. The second-order valence-electron chi connectivity index (χ2n) is 6.15. The van der Waals surface area contributed by atoms with Gasteiger partial charge in [-0.2, -0.15) is 5.10 Å². The van der Waals surface area contributed by atoms with Crippen LogP contribution in [0, 0.1) is 0 Å². The Labute approximate surface area is 133 Å². The van der Waals surface area contributed by atoms with Crippen molar-refractivity contribution in [2.45, 2.75) is 52.7 Å². The summed E-state index contributed by atoms with van der Waals surface area (Å²) in [4.78, 5) is 9.21. The maximum atomic E-state index is 5.77. The molecule has 2 heterocycles. The summed E-state index contributed by atoms with van der Waals surface area (Å²) < 4.78 is 5.77. The average molecular weight is 307 g/mol. The lowest BCUT2D eigenvalue weighted by atomic mass is 10.2. The molecule has 0 amide bonds. The zero-order valence-electron chi connectivity index (χ0n) is 14.5. The van der Waals surface area contributed by atoms with Gasteiger partial charge in [-0.15, -0.1) is 5.10 Å². The van der Waals surface area contributed by atoms with Crippen LogP contribution in [-0.4, -0.2) is 65.5 Å². The molecular formula is C16H29N5O. The van der Waals surface area contributed by atoms with E-state index in [1.807, 2.05) is 7.05 Å². The van der Waals surface area contributed by atoms with Crippen LogP contribution in [0.25, 0.3) is 0 Å². The topological polar surface area (TPSA) is 54.4 Å². The monoisotopic (exact) mass is 307 g/mol. The van der Waals surface area contributed by atoms with Crippen LogP contribution in [0.15, 0.2) is 0 Å². The van der Waals surface area contributed by atoms with E-state index in [1.54, 1.807) is 0 Å². The summed E-state index contributed by atoms with van der Waals surface area (Å²) in [5.41, 5.74) is 2.07. The first-order valence-electron chi connectivity index (χ1n) is 8.34. The number of morpholine rings is 1. The van der Waals surface area contributed by atoms with E-state index >= 15 is 0 Å². The van der Waals surface area contributed by atoms with Gasteiger partial charge < -0.3 is 9.64 Å². The predicted molar refractivity (Wildman–Crippen MR) is 88.3 cm³/mol. The van der Waals surface area contributed by atoms with Crippen molar-refractivity contribution in [1.82, 2.24) is 20.1 Å². The van der Waals surface area contributed by atoms with E-state index in [0.29, 0.717) is 12.2 Å². The van der Waals surface area contributed by atoms with Gasteiger partial charge in [0.1, 0.15) is 0 Å². The number of anilines is 1. The van der Waals surface area contributed by atoms with Gasteiger partial charge in [0.25, 0.3) is 0 Å². The number of aryl methyl sites for hydroxylation is 2. The third-order valence-corrected chi connectivity index (χ3v) is 4.09. The molecule has 1 saturated heterocycles. The maximum absolute atomic E-state index is 5.77. The molecule has 0 unspecified atom stereocenters. The summed E-state index contributed by atoms with van der Waals surface area (Å²) in [5, 5.41) is 8.59. The zero-order chi connectivity index (χ0) is 16.1. The van der Waals surface area contributed by atoms with E-state index in [-0.39, 0.29) is 0 Å². The summed E-state index contributed by atoms with van der Waals surface area (Å²) in [6.45, 7) is 12.4. The predicted octanol–water partition coefficient (Wildman–Crippen LogP) is 1.54. The SMILES string of the molecule is CCc1nnc(N(C)CCN2C[C@@H](C)O[C@@H](C)C2)nc1CC. The normalized spacial score (nSPS) is 22.8. The number of likely N-dealkylation sites (N-methyl/N-ethyl adjacent to an activating group) is 1. The van der Waals surface area contributed by atoms with Gasteiger partial charge >= 0.3 is 0 Å². The lowest BCUT2D eigenvalue weighted by Gasteiger charge is -2.36. The van der Waals surface area contributed by atoms with E-state index in [4.69, 9.17) is 4.74 Å². The van der Waals surface area contributed by atoms with Crippen LogP contribution in [0.1, 0.15) is 39.1 Å². The third kappa shape index (κ3) is 4.36. The van der Waals surface area contributed by atoms with E-state index in [2.05, 4.69) is 52.7 Å². The first-order valence-corrected chi connectivity index (χ1v) is 8.34. The molecule has 124 valence electrons. The molecule has 0 saturated carbocycles. The highest BCUT2D eigenvalue weighted by molar-refractivity contribution is 5.29. The molecule has 1 aromatic rings. The minimum Gasteiger partial charge on any atom is -0.373 e. The molecule has 0 radical (unpaired) electrons. The minimum atomic E-state index is 0.308. The van der Waals surface area contributed by atoms with Gasteiger partial charge in [-0.05, 0) is 26.7 Å². The molecule has 0 aromatic carbocycles. The average Bonchev–Trinajstić information content (AvgIpc) is 2.51. The molecule has 22 heavy (non-hydrogen) atoms. The zero-order valence-corrected chi connectivity index (χ0v) is 14.5. The van der Waals surface area contributed by atoms with Gasteiger partial charge in [0, 0.05) is 33.2 Å². The Morgan fingerprint density at radius 2 is 1.73 bits per heavy atom. The first-order chi connectivity index (χ1) is 10.5. The van der Waals surface area contributed by atoms with Crippen LogP contribution in [0.3, 0.4) is 0 Å². The van der Waals surface area contributed by atoms with Crippen LogP contribution >= 0.6 is 0 Å². The van der Waals surface area contributed by atoms with Crippen molar-refractivity contribution in [1.29, 1.82) is 0 Å². The molecule has 1 fully saturated rings. The van der Waals surface area contributed by atoms with Crippen molar-refractivity contribution < 1.29 is 4.74 Å². The van der Waals surface area contributed by atoms with Crippen molar-refractivity contribution >= 4 is 5.95 Å². The molecule has 1 aromatic heterocycles. The van der Waals surface area contributed by atoms with Crippen LogP contribution in [-0.2, 0) is 17.6 Å². The lowest BCUT2D eigenvalue weighted by Crippen LogP contribution is -2.47. The summed E-state index contributed by atoms with van der Waals surface area (Å²) in [6.07, 6.45) is 2.40. The Bertz CT molecular complexity index is 472. The largest absolute Gasteiger partial charge is 0.373 e. The van der Waals surface area contributed by atoms with Gasteiger partial charge in [0.15, 0.2) is 0 Å². The second-order valence-corrected chi connectivity index (χ2v) is 6.15. The van der Waals surface area contributed by atoms with E-state index in [9.17, 15) is 0 Å². The van der Waals surface area contributed by atoms with Crippen LogP contribution in [0.5, 0.6) is 0 Å². The molecule has 6 heteroatoms. The van der Waals surface area contributed by atoms with Crippen molar-refractivity contribution in [2.75, 3.05) is 38.1 Å². The highest BCUT2D eigenvalue weighted by Crippen LogP contribution is 2.12. The fraction of sp³-hybridized carbons (Fsp3) is 0.812. The van der Waals surface area contributed by atoms with Gasteiger partial charge in [-0.25, -0.2) is 4.98 Å².